The van der Waals surface area contributed by atoms with Crippen molar-refractivity contribution in [2.45, 2.75) is 39.0 Å². The second-order valence-electron chi connectivity index (χ2n) is 7.04. The van der Waals surface area contributed by atoms with Crippen LogP contribution in [0.25, 0.3) is 0 Å². The fourth-order valence-corrected chi connectivity index (χ4v) is 3.99. The molecule has 1 saturated heterocycles. The van der Waals surface area contributed by atoms with Gasteiger partial charge in [0.25, 0.3) is 0 Å². The molecule has 152 valence electrons. The fraction of sp³-hybridized carbons (Fsp3) is 0.455. The summed E-state index contributed by atoms with van der Waals surface area (Å²) in [6, 6.07) is 10.9. The van der Waals surface area contributed by atoms with Gasteiger partial charge >= 0.3 is 0 Å². The Morgan fingerprint density at radius 2 is 2.11 bits per heavy atom. The molecule has 1 atom stereocenters. The van der Waals surface area contributed by atoms with Gasteiger partial charge in [0.2, 0.25) is 0 Å². The van der Waals surface area contributed by atoms with Gasteiger partial charge in [0.1, 0.15) is 12.4 Å². The molecule has 1 aliphatic rings. The van der Waals surface area contributed by atoms with Gasteiger partial charge in [0.15, 0.2) is 11.5 Å². The molecule has 1 fully saturated rings. The molecule has 28 heavy (non-hydrogen) atoms. The molecule has 2 aromatic carbocycles. The molecule has 0 aromatic heterocycles. The summed E-state index contributed by atoms with van der Waals surface area (Å²) >= 11 is 6.44. The van der Waals surface area contributed by atoms with Crippen molar-refractivity contribution in [3.63, 3.8) is 0 Å². The third kappa shape index (κ3) is 5.16. The lowest BCUT2D eigenvalue weighted by molar-refractivity contribution is 0.259. The highest BCUT2D eigenvalue weighted by Crippen LogP contribution is 2.37. The van der Waals surface area contributed by atoms with Crippen LogP contribution in [0.5, 0.6) is 11.5 Å². The SMILES string of the molecule is CCN1CCC[C@@H]1CNCc1cc(Cl)c(OCc2ccccc2F)c(OC)c1. The Morgan fingerprint density at radius 3 is 2.86 bits per heavy atom. The van der Waals surface area contributed by atoms with Gasteiger partial charge in [-0.1, -0.05) is 36.7 Å². The molecular weight excluding hydrogens is 379 g/mol. The monoisotopic (exact) mass is 406 g/mol. The molecule has 2 aromatic rings. The second kappa shape index (κ2) is 10.1. The zero-order valence-corrected chi connectivity index (χ0v) is 17.3. The van der Waals surface area contributed by atoms with Crippen molar-refractivity contribution in [3.05, 3.63) is 58.4 Å². The third-order valence-corrected chi connectivity index (χ3v) is 5.51. The van der Waals surface area contributed by atoms with Gasteiger partial charge in [-0.25, -0.2) is 4.39 Å². The largest absolute Gasteiger partial charge is 0.493 e. The Balaban J connectivity index is 1.61. The van der Waals surface area contributed by atoms with Gasteiger partial charge in [-0.05, 0) is 49.7 Å². The predicted molar refractivity (Wildman–Crippen MR) is 111 cm³/mol. The van der Waals surface area contributed by atoms with Gasteiger partial charge < -0.3 is 14.8 Å². The molecular formula is C22H28ClFN2O2. The van der Waals surface area contributed by atoms with E-state index in [0.717, 1.165) is 18.7 Å². The maximum Gasteiger partial charge on any atom is 0.180 e. The number of halogens is 2. The first kappa shape index (κ1) is 20.9. The van der Waals surface area contributed by atoms with Crippen molar-refractivity contribution in [2.24, 2.45) is 0 Å². The smallest absolute Gasteiger partial charge is 0.180 e. The third-order valence-electron chi connectivity index (χ3n) is 5.23. The Bertz CT molecular complexity index is 787. The van der Waals surface area contributed by atoms with Crippen LogP contribution in [-0.2, 0) is 13.2 Å². The Kier molecular flexibility index (Phi) is 7.54. The zero-order valence-electron chi connectivity index (χ0n) is 16.5. The standard InChI is InChI=1S/C22H28ClFN2O2/c1-3-26-10-6-8-18(26)14-25-13-16-11-19(23)22(21(12-16)27-2)28-15-17-7-4-5-9-20(17)24/h4-5,7,9,11-12,18,25H,3,6,8,10,13-15H2,1-2H3/t18-/m1/s1. The molecule has 0 bridgehead atoms. The van der Waals surface area contributed by atoms with E-state index in [9.17, 15) is 4.39 Å². The normalized spacial score (nSPS) is 17.1. The first-order valence-corrected chi connectivity index (χ1v) is 10.2. The number of likely N-dealkylation sites (N-methyl/N-ethyl adjacent to an activating group) is 1. The van der Waals surface area contributed by atoms with E-state index in [1.54, 1.807) is 25.3 Å². The van der Waals surface area contributed by atoms with Crippen molar-refractivity contribution < 1.29 is 13.9 Å². The molecule has 1 aliphatic heterocycles. The van der Waals surface area contributed by atoms with E-state index in [2.05, 4.69) is 17.1 Å². The van der Waals surface area contributed by atoms with E-state index in [4.69, 9.17) is 21.1 Å². The van der Waals surface area contributed by atoms with E-state index in [0.29, 0.717) is 34.7 Å². The first-order valence-electron chi connectivity index (χ1n) is 9.79. The molecule has 0 radical (unpaired) electrons. The molecule has 0 aliphatic carbocycles. The number of methoxy groups -OCH3 is 1. The molecule has 0 spiro atoms. The van der Waals surface area contributed by atoms with Crippen LogP contribution in [0.2, 0.25) is 5.02 Å². The summed E-state index contributed by atoms with van der Waals surface area (Å²) in [6.45, 7) is 6.26. The Hall–Kier alpha value is -1.82. The zero-order chi connectivity index (χ0) is 19.9. The van der Waals surface area contributed by atoms with E-state index < -0.39 is 0 Å². The van der Waals surface area contributed by atoms with Crippen LogP contribution >= 0.6 is 11.6 Å². The summed E-state index contributed by atoms with van der Waals surface area (Å²) in [5, 5.41) is 3.99. The van der Waals surface area contributed by atoms with Crippen molar-refractivity contribution in [3.8, 4) is 11.5 Å². The summed E-state index contributed by atoms with van der Waals surface area (Å²) in [5.74, 6) is 0.687. The number of hydrogen-bond donors (Lipinski definition) is 1. The van der Waals surface area contributed by atoms with Gasteiger partial charge in [-0.15, -0.1) is 0 Å². The average Bonchev–Trinajstić information content (AvgIpc) is 3.15. The van der Waals surface area contributed by atoms with Crippen LogP contribution < -0.4 is 14.8 Å². The number of ether oxygens (including phenoxy) is 2. The number of hydrogen-bond acceptors (Lipinski definition) is 4. The number of nitrogens with zero attached hydrogens (tertiary/aromatic N) is 1. The molecule has 4 nitrogen and oxygen atoms in total. The summed E-state index contributed by atoms with van der Waals surface area (Å²) in [4.78, 5) is 2.51. The number of likely N-dealkylation sites (tertiary alicyclic amines) is 1. The van der Waals surface area contributed by atoms with E-state index >= 15 is 0 Å². The lowest BCUT2D eigenvalue weighted by Crippen LogP contribution is -2.37. The van der Waals surface area contributed by atoms with E-state index in [-0.39, 0.29) is 12.4 Å². The maximum absolute atomic E-state index is 13.8. The predicted octanol–water partition coefficient (Wildman–Crippen LogP) is 4.64. The van der Waals surface area contributed by atoms with Crippen LogP contribution in [0.15, 0.2) is 36.4 Å². The van der Waals surface area contributed by atoms with Crippen LogP contribution in [-0.4, -0.2) is 37.7 Å². The highest BCUT2D eigenvalue weighted by molar-refractivity contribution is 6.32. The molecule has 1 N–H and O–H groups in total. The number of rotatable bonds is 9. The van der Waals surface area contributed by atoms with Crippen LogP contribution in [0.1, 0.15) is 30.9 Å². The molecule has 0 saturated carbocycles. The molecule has 0 unspecified atom stereocenters. The minimum absolute atomic E-state index is 0.0921. The number of benzene rings is 2. The summed E-state index contributed by atoms with van der Waals surface area (Å²) in [6.07, 6.45) is 2.52. The van der Waals surface area contributed by atoms with Crippen LogP contribution in [0.4, 0.5) is 4.39 Å². The topological polar surface area (TPSA) is 33.7 Å². The summed E-state index contributed by atoms with van der Waals surface area (Å²) in [7, 11) is 1.58. The fourth-order valence-electron chi connectivity index (χ4n) is 3.71. The van der Waals surface area contributed by atoms with Gasteiger partial charge in [0.05, 0.1) is 12.1 Å². The molecule has 0 amide bonds. The van der Waals surface area contributed by atoms with E-state index in [1.807, 2.05) is 12.1 Å². The van der Waals surface area contributed by atoms with Crippen molar-refractivity contribution in [1.29, 1.82) is 0 Å². The van der Waals surface area contributed by atoms with Crippen LogP contribution in [0, 0.1) is 5.82 Å². The van der Waals surface area contributed by atoms with Gasteiger partial charge in [-0.3, -0.25) is 4.90 Å². The first-order chi connectivity index (χ1) is 13.6. The quantitative estimate of drug-likeness (QED) is 0.657. The number of nitrogens with one attached hydrogen (secondary N) is 1. The molecule has 1 heterocycles. The van der Waals surface area contributed by atoms with Crippen LogP contribution in [0.3, 0.4) is 0 Å². The highest BCUT2D eigenvalue weighted by Gasteiger charge is 2.22. The van der Waals surface area contributed by atoms with Crippen molar-refractivity contribution in [1.82, 2.24) is 10.2 Å². The van der Waals surface area contributed by atoms with Crippen molar-refractivity contribution in [2.75, 3.05) is 26.7 Å². The lowest BCUT2D eigenvalue weighted by Gasteiger charge is -2.23. The Labute approximate surface area is 171 Å². The lowest BCUT2D eigenvalue weighted by atomic mass is 10.1. The average molecular weight is 407 g/mol. The van der Waals surface area contributed by atoms with Crippen molar-refractivity contribution >= 4 is 11.6 Å². The minimum Gasteiger partial charge on any atom is -0.493 e. The second-order valence-corrected chi connectivity index (χ2v) is 7.45. The molecule has 6 heteroatoms. The highest BCUT2D eigenvalue weighted by atomic mass is 35.5. The summed E-state index contributed by atoms with van der Waals surface area (Å²) in [5.41, 5.74) is 1.50. The van der Waals surface area contributed by atoms with Gasteiger partial charge in [0, 0.05) is 24.7 Å². The van der Waals surface area contributed by atoms with E-state index in [1.165, 1.54) is 25.5 Å². The Morgan fingerprint density at radius 1 is 1.29 bits per heavy atom. The molecule has 3 rings (SSSR count). The minimum atomic E-state index is -0.300. The maximum atomic E-state index is 13.8. The summed E-state index contributed by atoms with van der Waals surface area (Å²) < 4.78 is 25.0. The van der Waals surface area contributed by atoms with Gasteiger partial charge in [-0.2, -0.15) is 0 Å².